The van der Waals surface area contributed by atoms with Gasteiger partial charge in [-0.3, -0.25) is 14.9 Å². The summed E-state index contributed by atoms with van der Waals surface area (Å²) >= 11 is 0. The lowest BCUT2D eigenvalue weighted by atomic mass is 10.1. The highest BCUT2D eigenvalue weighted by molar-refractivity contribution is 6.08. The number of hydrogen-bond donors (Lipinski definition) is 1. The monoisotopic (exact) mass is 363 g/mol. The Morgan fingerprint density at radius 1 is 1.12 bits per heavy atom. The molecule has 1 saturated heterocycles. The van der Waals surface area contributed by atoms with Crippen molar-refractivity contribution in [1.29, 1.82) is 0 Å². The minimum atomic E-state index is -1.10. The summed E-state index contributed by atoms with van der Waals surface area (Å²) < 4.78 is 31.6. The molecule has 9 heteroatoms. The van der Waals surface area contributed by atoms with Gasteiger partial charge in [0.1, 0.15) is 0 Å². The van der Waals surface area contributed by atoms with E-state index in [-0.39, 0.29) is 16.9 Å². The minimum Gasteiger partial charge on any atom is -0.378 e. The average Bonchev–Trinajstić information content (AvgIpc) is 2.65. The van der Waals surface area contributed by atoms with Gasteiger partial charge in [-0.1, -0.05) is 0 Å². The second-order valence-electron chi connectivity index (χ2n) is 5.64. The van der Waals surface area contributed by atoms with Gasteiger partial charge in [-0.2, -0.15) is 0 Å². The Kier molecular flexibility index (Phi) is 5.08. The Morgan fingerprint density at radius 2 is 1.85 bits per heavy atom. The second-order valence-corrected chi connectivity index (χ2v) is 5.64. The number of non-ortho nitro benzene ring substituents is 1. The minimum absolute atomic E-state index is 0.0494. The van der Waals surface area contributed by atoms with Crippen LogP contribution in [0.5, 0.6) is 0 Å². The summed E-state index contributed by atoms with van der Waals surface area (Å²) in [6.07, 6.45) is 0. The van der Waals surface area contributed by atoms with Gasteiger partial charge in [-0.25, -0.2) is 8.78 Å². The molecule has 3 rings (SSSR count). The first kappa shape index (κ1) is 17.7. The number of benzene rings is 2. The molecule has 0 spiro atoms. The first-order valence-corrected chi connectivity index (χ1v) is 7.83. The van der Waals surface area contributed by atoms with Crippen LogP contribution in [-0.2, 0) is 4.74 Å². The van der Waals surface area contributed by atoms with E-state index in [1.165, 1.54) is 24.3 Å². The largest absolute Gasteiger partial charge is 0.378 e. The van der Waals surface area contributed by atoms with Crippen molar-refractivity contribution in [3.05, 3.63) is 63.7 Å². The molecule has 1 aliphatic heterocycles. The number of carbonyl (C=O) groups excluding carboxylic acids is 1. The quantitative estimate of drug-likeness (QED) is 0.667. The maximum absolute atomic E-state index is 13.3. The van der Waals surface area contributed by atoms with Crippen LogP contribution >= 0.6 is 0 Å². The molecule has 136 valence electrons. The van der Waals surface area contributed by atoms with Gasteiger partial charge in [-0.15, -0.1) is 0 Å². The summed E-state index contributed by atoms with van der Waals surface area (Å²) in [7, 11) is 0. The van der Waals surface area contributed by atoms with Crippen molar-refractivity contribution in [3.8, 4) is 0 Å². The molecule has 1 N–H and O–H groups in total. The molecule has 0 atom stereocenters. The standard InChI is InChI=1S/C17H15F2N3O4/c18-14-3-1-11(9-15(14)19)20-17(23)13-10-12(22(24)25)2-4-16(13)21-5-7-26-8-6-21/h1-4,9-10H,5-8H2,(H,20,23). The fourth-order valence-electron chi connectivity index (χ4n) is 2.67. The first-order valence-electron chi connectivity index (χ1n) is 7.83. The van der Waals surface area contributed by atoms with Crippen LogP contribution in [0.3, 0.4) is 0 Å². The van der Waals surface area contributed by atoms with Crippen molar-refractivity contribution in [2.45, 2.75) is 0 Å². The number of ether oxygens (including phenoxy) is 1. The molecule has 26 heavy (non-hydrogen) atoms. The molecular formula is C17H15F2N3O4. The average molecular weight is 363 g/mol. The summed E-state index contributed by atoms with van der Waals surface area (Å²) in [5.41, 5.74) is 0.399. The number of morpholine rings is 1. The van der Waals surface area contributed by atoms with Crippen molar-refractivity contribution < 1.29 is 23.2 Å². The van der Waals surface area contributed by atoms with Gasteiger partial charge >= 0.3 is 0 Å². The highest BCUT2D eigenvalue weighted by atomic mass is 19.2. The Bertz CT molecular complexity index is 854. The Morgan fingerprint density at radius 3 is 2.50 bits per heavy atom. The number of amides is 1. The zero-order chi connectivity index (χ0) is 18.7. The smallest absolute Gasteiger partial charge is 0.270 e. The molecule has 1 fully saturated rings. The summed E-state index contributed by atoms with van der Waals surface area (Å²) in [4.78, 5) is 25.0. The van der Waals surface area contributed by atoms with E-state index in [4.69, 9.17) is 4.74 Å². The van der Waals surface area contributed by atoms with Crippen LogP contribution in [0.4, 0.5) is 25.8 Å². The van der Waals surface area contributed by atoms with E-state index < -0.39 is 22.5 Å². The number of rotatable bonds is 4. The van der Waals surface area contributed by atoms with Crippen molar-refractivity contribution >= 4 is 23.0 Å². The molecule has 1 heterocycles. The fourth-order valence-corrected chi connectivity index (χ4v) is 2.67. The summed E-state index contributed by atoms with van der Waals surface area (Å²) in [5, 5.41) is 13.5. The van der Waals surface area contributed by atoms with Gasteiger partial charge < -0.3 is 15.0 Å². The highest BCUT2D eigenvalue weighted by Gasteiger charge is 2.22. The van der Waals surface area contributed by atoms with Gasteiger partial charge in [-0.05, 0) is 18.2 Å². The summed E-state index contributed by atoms with van der Waals surface area (Å²) in [5.74, 6) is -2.79. The van der Waals surface area contributed by atoms with Crippen LogP contribution in [0.25, 0.3) is 0 Å². The molecule has 2 aromatic carbocycles. The zero-order valence-corrected chi connectivity index (χ0v) is 13.6. The highest BCUT2D eigenvalue weighted by Crippen LogP contribution is 2.27. The number of hydrogen-bond acceptors (Lipinski definition) is 5. The SMILES string of the molecule is O=C(Nc1ccc(F)c(F)c1)c1cc([N+](=O)[O-])ccc1N1CCOCC1. The number of nitro groups is 1. The van der Waals surface area contributed by atoms with E-state index in [9.17, 15) is 23.7 Å². The number of anilines is 2. The Labute approximate surface area is 147 Å². The van der Waals surface area contributed by atoms with E-state index >= 15 is 0 Å². The van der Waals surface area contributed by atoms with Crippen molar-refractivity contribution in [2.75, 3.05) is 36.5 Å². The summed E-state index contributed by atoms with van der Waals surface area (Å²) in [6, 6.07) is 6.94. The predicted octanol–water partition coefficient (Wildman–Crippen LogP) is 2.96. The molecular weight excluding hydrogens is 348 g/mol. The van der Waals surface area contributed by atoms with Crippen LogP contribution in [0.2, 0.25) is 0 Å². The molecule has 0 saturated carbocycles. The molecule has 1 aliphatic rings. The third-order valence-electron chi connectivity index (χ3n) is 3.96. The lowest BCUT2D eigenvalue weighted by Crippen LogP contribution is -2.37. The second kappa shape index (κ2) is 7.44. The van der Waals surface area contributed by atoms with E-state index in [1.807, 2.05) is 4.90 Å². The van der Waals surface area contributed by atoms with Crippen LogP contribution in [-0.4, -0.2) is 37.1 Å². The Hall–Kier alpha value is -3.07. The van der Waals surface area contributed by atoms with Gasteiger partial charge in [0.2, 0.25) is 0 Å². The van der Waals surface area contributed by atoms with Gasteiger partial charge in [0.15, 0.2) is 11.6 Å². The lowest BCUT2D eigenvalue weighted by molar-refractivity contribution is -0.384. The van der Waals surface area contributed by atoms with E-state index in [2.05, 4.69) is 5.32 Å². The van der Waals surface area contributed by atoms with Crippen LogP contribution in [0.15, 0.2) is 36.4 Å². The van der Waals surface area contributed by atoms with E-state index in [0.29, 0.717) is 32.0 Å². The molecule has 0 bridgehead atoms. The topological polar surface area (TPSA) is 84.7 Å². The number of nitrogens with zero attached hydrogens (tertiary/aromatic N) is 2. The molecule has 1 amide bonds. The van der Waals surface area contributed by atoms with E-state index in [1.54, 1.807) is 0 Å². The third kappa shape index (κ3) is 3.77. The molecule has 2 aromatic rings. The molecule has 0 aliphatic carbocycles. The zero-order valence-electron chi connectivity index (χ0n) is 13.6. The maximum atomic E-state index is 13.3. The number of halogens is 2. The van der Waals surface area contributed by atoms with Crippen LogP contribution in [0, 0.1) is 21.7 Å². The number of nitro benzene ring substituents is 1. The van der Waals surface area contributed by atoms with E-state index in [0.717, 1.165) is 12.1 Å². The Balaban J connectivity index is 1.94. The normalized spacial score (nSPS) is 14.2. The van der Waals surface area contributed by atoms with Gasteiger partial charge in [0, 0.05) is 37.0 Å². The summed E-state index contributed by atoms with van der Waals surface area (Å²) in [6.45, 7) is 2.01. The van der Waals surface area contributed by atoms with Crippen molar-refractivity contribution in [1.82, 2.24) is 0 Å². The molecule has 7 nitrogen and oxygen atoms in total. The number of carbonyl (C=O) groups is 1. The van der Waals surface area contributed by atoms with Crippen LogP contribution in [0.1, 0.15) is 10.4 Å². The van der Waals surface area contributed by atoms with Gasteiger partial charge in [0.05, 0.1) is 29.4 Å². The maximum Gasteiger partial charge on any atom is 0.270 e. The molecule has 0 aromatic heterocycles. The van der Waals surface area contributed by atoms with Gasteiger partial charge in [0.25, 0.3) is 11.6 Å². The lowest BCUT2D eigenvalue weighted by Gasteiger charge is -2.30. The van der Waals surface area contributed by atoms with Crippen molar-refractivity contribution in [3.63, 3.8) is 0 Å². The third-order valence-corrected chi connectivity index (χ3v) is 3.96. The first-order chi connectivity index (χ1) is 12.5. The fraction of sp³-hybridized carbons (Fsp3) is 0.235. The molecule has 0 unspecified atom stereocenters. The van der Waals surface area contributed by atoms with Crippen LogP contribution < -0.4 is 10.2 Å². The van der Waals surface area contributed by atoms with Crippen molar-refractivity contribution in [2.24, 2.45) is 0 Å². The predicted molar refractivity (Wildman–Crippen MR) is 90.4 cm³/mol. The number of nitrogens with one attached hydrogen (secondary N) is 1. The molecule has 0 radical (unpaired) electrons.